The molecule has 0 spiro atoms. The zero-order valence-electron chi connectivity index (χ0n) is 11.4. The van der Waals surface area contributed by atoms with E-state index in [1.807, 2.05) is 11.8 Å². The molecule has 5 rings (SSSR count). The van der Waals surface area contributed by atoms with Gasteiger partial charge in [0.05, 0.1) is 11.4 Å². The predicted octanol–water partition coefficient (Wildman–Crippen LogP) is 5.62. The molecule has 21 heavy (non-hydrogen) atoms. The third-order valence-corrected chi connectivity index (χ3v) is 5.48. The van der Waals surface area contributed by atoms with E-state index in [2.05, 4.69) is 66.0 Å². The molecule has 0 fully saturated rings. The zero-order valence-corrected chi connectivity index (χ0v) is 12.2. The fourth-order valence-corrected chi connectivity index (χ4v) is 4.44. The van der Waals surface area contributed by atoms with Gasteiger partial charge in [0.15, 0.2) is 0 Å². The molecule has 1 aliphatic heterocycles. The quantitative estimate of drug-likeness (QED) is 0.450. The Balaban J connectivity index is 1.83. The van der Waals surface area contributed by atoms with Crippen molar-refractivity contribution in [3.05, 3.63) is 65.7 Å². The van der Waals surface area contributed by atoms with Crippen molar-refractivity contribution in [3.8, 4) is 0 Å². The van der Waals surface area contributed by atoms with Crippen LogP contribution in [0.15, 0.2) is 64.4 Å². The lowest BCUT2D eigenvalue weighted by molar-refractivity contribution is 1.18. The molecule has 1 heterocycles. The topological polar surface area (TPSA) is 12.0 Å². The van der Waals surface area contributed by atoms with Gasteiger partial charge in [-0.3, -0.25) is 0 Å². The third kappa shape index (κ3) is 1.60. The monoisotopic (exact) mass is 287 g/mol. The van der Waals surface area contributed by atoms with Crippen molar-refractivity contribution in [2.24, 2.45) is 0 Å². The van der Waals surface area contributed by atoms with Crippen LogP contribution in [0.5, 0.6) is 0 Å². The van der Waals surface area contributed by atoms with Gasteiger partial charge < -0.3 is 5.32 Å². The number of hydrogen-bond acceptors (Lipinski definition) is 2. The predicted molar refractivity (Wildman–Crippen MR) is 90.5 cm³/mol. The van der Waals surface area contributed by atoms with Crippen molar-refractivity contribution >= 4 is 40.0 Å². The minimum Gasteiger partial charge on any atom is -0.354 e. The van der Waals surface area contributed by atoms with Gasteiger partial charge in [-0.2, -0.15) is 0 Å². The molecule has 1 N–H and O–H groups in total. The molecule has 0 bridgehead atoms. The van der Waals surface area contributed by atoms with Crippen molar-refractivity contribution in [3.63, 3.8) is 0 Å². The molecule has 3 aromatic rings. The van der Waals surface area contributed by atoms with Gasteiger partial charge in [0.2, 0.25) is 0 Å². The van der Waals surface area contributed by atoms with Crippen LogP contribution < -0.4 is 5.32 Å². The second-order valence-corrected chi connectivity index (χ2v) is 6.56. The van der Waals surface area contributed by atoms with Crippen LogP contribution in [0.2, 0.25) is 0 Å². The molecular formula is C19H13NS. The fourth-order valence-electron chi connectivity index (χ4n) is 3.32. The first kappa shape index (κ1) is 11.5. The number of allylic oxidation sites excluding steroid dienone is 1. The third-order valence-electron chi connectivity index (χ3n) is 4.24. The summed E-state index contributed by atoms with van der Waals surface area (Å²) < 4.78 is 0. The molecule has 0 unspecified atom stereocenters. The van der Waals surface area contributed by atoms with Gasteiger partial charge in [0.1, 0.15) is 0 Å². The first-order valence-corrected chi connectivity index (χ1v) is 8.01. The minimum absolute atomic E-state index is 1.02. The van der Waals surface area contributed by atoms with E-state index in [9.17, 15) is 0 Å². The van der Waals surface area contributed by atoms with E-state index < -0.39 is 0 Å². The molecule has 1 aliphatic carbocycles. The highest BCUT2D eigenvalue weighted by molar-refractivity contribution is 7.99. The van der Waals surface area contributed by atoms with Gasteiger partial charge in [-0.25, -0.2) is 0 Å². The molecule has 100 valence electrons. The van der Waals surface area contributed by atoms with Gasteiger partial charge in [-0.1, -0.05) is 54.2 Å². The van der Waals surface area contributed by atoms with E-state index in [1.165, 1.54) is 43.1 Å². The first-order chi connectivity index (χ1) is 10.4. The second-order valence-electron chi connectivity index (χ2n) is 5.51. The summed E-state index contributed by atoms with van der Waals surface area (Å²) in [5, 5.41) is 6.36. The SMILES string of the molecule is C1=Cc2cccc3cc4c(c(c23)C1)Sc1ccccc1N4. The van der Waals surface area contributed by atoms with Crippen LogP contribution in [0, 0.1) is 0 Å². The van der Waals surface area contributed by atoms with Crippen LogP contribution in [0.1, 0.15) is 11.1 Å². The van der Waals surface area contributed by atoms with E-state index in [0.29, 0.717) is 0 Å². The number of rotatable bonds is 0. The molecule has 1 nitrogen and oxygen atoms in total. The smallest absolute Gasteiger partial charge is 0.0535 e. The van der Waals surface area contributed by atoms with Crippen LogP contribution in [0.4, 0.5) is 11.4 Å². The highest BCUT2D eigenvalue weighted by Gasteiger charge is 2.22. The summed E-state index contributed by atoms with van der Waals surface area (Å²) >= 11 is 1.89. The van der Waals surface area contributed by atoms with Gasteiger partial charge in [0.25, 0.3) is 0 Å². The lowest BCUT2D eigenvalue weighted by Gasteiger charge is -2.26. The average Bonchev–Trinajstić information content (AvgIpc) is 2.54. The molecule has 0 atom stereocenters. The number of nitrogens with one attached hydrogen (secondary N) is 1. The van der Waals surface area contributed by atoms with E-state index >= 15 is 0 Å². The normalized spacial score (nSPS) is 14.5. The van der Waals surface area contributed by atoms with E-state index in [1.54, 1.807) is 0 Å². The summed E-state index contributed by atoms with van der Waals surface area (Å²) in [4.78, 5) is 2.70. The van der Waals surface area contributed by atoms with Crippen molar-refractivity contribution in [2.45, 2.75) is 16.2 Å². The lowest BCUT2D eigenvalue weighted by atomic mass is 9.92. The molecular weight excluding hydrogens is 274 g/mol. The molecule has 3 aromatic carbocycles. The summed E-state index contributed by atoms with van der Waals surface area (Å²) in [6, 6.07) is 17.4. The molecule has 0 aromatic heterocycles. The highest BCUT2D eigenvalue weighted by Crippen LogP contribution is 2.49. The summed E-state index contributed by atoms with van der Waals surface area (Å²) in [6.45, 7) is 0. The number of anilines is 2. The van der Waals surface area contributed by atoms with E-state index in [-0.39, 0.29) is 0 Å². The number of para-hydroxylation sites is 1. The summed E-state index contributed by atoms with van der Waals surface area (Å²) in [5.74, 6) is 0. The fraction of sp³-hybridized carbons (Fsp3) is 0.0526. The van der Waals surface area contributed by atoms with Gasteiger partial charge in [-0.05, 0) is 46.5 Å². The number of hydrogen-bond donors (Lipinski definition) is 1. The Morgan fingerprint density at radius 3 is 2.90 bits per heavy atom. The van der Waals surface area contributed by atoms with Crippen LogP contribution in [0.25, 0.3) is 16.8 Å². The van der Waals surface area contributed by atoms with Gasteiger partial charge >= 0.3 is 0 Å². The molecule has 2 heteroatoms. The highest BCUT2D eigenvalue weighted by atomic mass is 32.2. The van der Waals surface area contributed by atoms with Crippen LogP contribution in [0.3, 0.4) is 0 Å². The standard InChI is InChI=1S/C19H13NS/c1-2-10-17-15(9-1)20-16-11-13-7-3-5-12-6-4-8-14(18(12)13)19(16)21-17/h1-7,9-11,20H,8H2. The summed E-state index contributed by atoms with van der Waals surface area (Å²) in [7, 11) is 0. The Bertz CT molecular complexity index is 924. The van der Waals surface area contributed by atoms with Crippen molar-refractivity contribution in [2.75, 3.05) is 5.32 Å². The average molecular weight is 287 g/mol. The largest absolute Gasteiger partial charge is 0.354 e. The van der Waals surface area contributed by atoms with Crippen molar-refractivity contribution in [1.29, 1.82) is 0 Å². The van der Waals surface area contributed by atoms with Crippen LogP contribution >= 0.6 is 11.8 Å². The maximum atomic E-state index is 3.61. The summed E-state index contributed by atoms with van der Waals surface area (Å²) in [5.41, 5.74) is 5.27. The Kier molecular flexibility index (Phi) is 2.27. The Morgan fingerprint density at radius 2 is 1.90 bits per heavy atom. The lowest BCUT2D eigenvalue weighted by Crippen LogP contribution is -2.04. The van der Waals surface area contributed by atoms with Gasteiger partial charge in [0, 0.05) is 9.79 Å². The maximum Gasteiger partial charge on any atom is 0.0535 e. The van der Waals surface area contributed by atoms with Crippen LogP contribution in [-0.4, -0.2) is 0 Å². The first-order valence-electron chi connectivity index (χ1n) is 7.19. The Hall–Kier alpha value is -2.19. The van der Waals surface area contributed by atoms with E-state index in [0.717, 1.165) is 6.42 Å². The van der Waals surface area contributed by atoms with Crippen LogP contribution in [-0.2, 0) is 6.42 Å². The summed E-state index contributed by atoms with van der Waals surface area (Å²) in [6.07, 6.45) is 5.54. The molecule has 0 saturated carbocycles. The van der Waals surface area contributed by atoms with E-state index in [4.69, 9.17) is 0 Å². The number of fused-ring (bicyclic) bond motifs is 3. The van der Waals surface area contributed by atoms with Crippen molar-refractivity contribution in [1.82, 2.24) is 0 Å². The molecule has 0 amide bonds. The molecule has 0 radical (unpaired) electrons. The molecule has 0 saturated heterocycles. The Morgan fingerprint density at radius 1 is 0.952 bits per heavy atom. The molecule has 2 aliphatic rings. The second kappa shape index (κ2) is 4.15. The minimum atomic E-state index is 1.02. The number of benzene rings is 3. The maximum absolute atomic E-state index is 3.61. The zero-order chi connectivity index (χ0) is 13.8. The van der Waals surface area contributed by atoms with Gasteiger partial charge in [-0.15, -0.1) is 0 Å². The Labute approximate surface area is 127 Å². The van der Waals surface area contributed by atoms with Crippen molar-refractivity contribution < 1.29 is 0 Å².